The summed E-state index contributed by atoms with van der Waals surface area (Å²) in [4.78, 5) is 24.5. The summed E-state index contributed by atoms with van der Waals surface area (Å²) in [5, 5.41) is 10.0. The number of ether oxygens (including phenoxy) is 4. The van der Waals surface area contributed by atoms with E-state index in [-0.39, 0.29) is 44.9 Å². The highest BCUT2D eigenvalue weighted by atomic mass is 35.5. The van der Waals surface area contributed by atoms with E-state index in [4.69, 9.17) is 30.5 Å². The number of benzene rings is 2. The van der Waals surface area contributed by atoms with Gasteiger partial charge >= 0.3 is 11.9 Å². The molecule has 0 fully saturated rings. The van der Waals surface area contributed by atoms with Gasteiger partial charge < -0.3 is 24.1 Å². The highest BCUT2D eigenvalue weighted by molar-refractivity contribution is 6.34. The molecule has 0 unspecified atom stereocenters. The van der Waals surface area contributed by atoms with Crippen molar-refractivity contribution in [3.63, 3.8) is 0 Å². The van der Waals surface area contributed by atoms with Gasteiger partial charge in [-0.25, -0.2) is 9.59 Å². The third-order valence-electron chi connectivity index (χ3n) is 3.60. The van der Waals surface area contributed by atoms with E-state index < -0.39 is 11.9 Å². The molecule has 0 amide bonds. The molecule has 0 saturated heterocycles. The molecule has 2 aromatic rings. The van der Waals surface area contributed by atoms with Gasteiger partial charge in [0.1, 0.15) is 33.4 Å². The summed E-state index contributed by atoms with van der Waals surface area (Å²) in [6, 6.07) is 4.24. The zero-order chi connectivity index (χ0) is 18.3. The van der Waals surface area contributed by atoms with E-state index in [0.717, 1.165) is 0 Å². The zero-order valence-electron chi connectivity index (χ0n) is 13.5. The van der Waals surface area contributed by atoms with Crippen LogP contribution in [-0.4, -0.2) is 31.3 Å². The van der Waals surface area contributed by atoms with Gasteiger partial charge in [0, 0.05) is 6.07 Å². The Hall–Kier alpha value is -2.93. The van der Waals surface area contributed by atoms with Gasteiger partial charge in [-0.15, -0.1) is 0 Å². The molecule has 0 spiro atoms. The van der Waals surface area contributed by atoms with Crippen molar-refractivity contribution in [3.05, 3.63) is 39.9 Å². The van der Waals surface area contributed by atoms with Crippen LogP contribution in [0.1, 0.15) is 26.3 Å². The summed E-state index contributed by atoms with van der Waals surface area (Å²) < 4.78 is 20.8. The largest absolute Gasteiger partial charge is 0.507 e. The van der Waals surface area contributed by atoms with Crippen LogP contribution >= 0.6 is 11.6 Å². The van der Waals surface area contributed by atoms with E-state index in [1.807, 2.05) is 0 Å². The average molecular weight is 365 g/mol. The van der Waals surface area contributed by atoms with Crippen LogP contribution in [0.3, 0.4) is 0 Å². The van der Waals surface area contributed by atoms with Gasteiger partial charge in [0.15, 0.2) is 11.5 Å². The highest BCUT2D eigenvalue weighted by Crippen LogP contribution is 2.49. The first-order valence-corrected chi connectivity index (χ1v) is 7.47. The molecule has 3 rings (SSSR count). The minimum atomic E-state index is -0.878. The lowest BCUT2D eigenvalue weighted by Crippen LogP contribution is -2.09. The Labute approximate surface area is 147 Å². The Morgan fingerprint density at radius 1 is 1.16 bits per heavy atom. The average Bonchev–Trinajstić information content (AvgIpc) is 2.71. The molecular weight excluding hydrogens is 352 g/mol. The molecule has 25 heavy (non-hydrogen) atoms. The van der Waals surface area contributed by atoms with Gasteiger partial charge in [0.25, 0.3) is 0 Å². The molecule has 0 aliphatic carbocycles. The summed E-state index contributed by atoms with van der Waals surface area (Å²) in [6.45, 7) is 1.71. The Balaban J connectivity index is 2.32. The number of fused-ring (bicyclic) bond motifs is 2. The zero-order valence-corrected chi connectivity index (χ0v) is 14.3. The van der Waals surface area contributed by atoms with Crippen molar-refractivity contribution in [1.82, 2.24) is 0 Å². The van der Waals surface area contributed by atoms with Crippen LogP contribution in [-0.2, 0) is 4.74 Å². The van der Waals surface area contributed by atoms with E-state index in [1.165, 1.54) is 32.4 Å². The predicted molar refractivity (Wildman–Crippen MR) is 87.2 cm³/mol. The number of carbonyl (C=O) groups is 2. The van der Waals surface area contributed by atoms with Gasteiger partial charge in [-0.3, -0.25) is 0 Å². The summed E-state index contributed by atoms with van der Waals surface area (Å²) in [7, 11) is 2.54. The number of aryl methyl sites for hydroxylation is 1. The molecule has 7 nitrogen and oxygen atoms in total. The maximum absolute atomic E-state index is 12.4. The second-order valence-corrected chi connectivity index (χ2v) is 5.62. The van der Waals surface area contributed by atoms with Gasteiger partial charge in [0.05, 0.1) is 14.2 Å². The summed E-state index contributed by atoms with van der Waals surface area (Å²) >= 11 is 6.20. The Kier molecular flexibility index (Phi) is 4.18. The van der Waals surface area contributed by atoms with Gasteiger partial charge in [0.2, 0.25) is 0 Å². The number of carbonyl (C=O) groups excluding carboxylic acids is 2. The molecule has 0 atom stereocenters. The Bertz CT molecular complexity index is 905. The number of phenolic OH excluding ortho intramolecular Hbond substituents is 1. The number of hydrogen-bond donors (Lipinski definition) is 1. The van der Waals surface area contributed by atoms with Crippen molar-refractivity contribution in [2.45, 2.75) is 6.92 Å². The van der Waals surface area contributed by atoms with E-state index in [1.54, 1.807) is 6.92 Å². The first-order chi connectivity index (χ1) is 11.9. The maximum Gasteiger partial charge on any atom is 0.351 e. The maximum atomic E-state index is 12.4. The molecule has 0 bridgehead atoms. The molecule has 1 heterocycles. The lowest BCUT2D eigenvalue weighted by atomic mass is 10.1. The Morgan fingerprint density at radius 3 is 2.52 bits per heavy atom. The molecule has 1 N–H and O–H groups in total. The van der Waals surface area contributed by atoms with Crippen molar-refractivity contribution in [2.75, 3.05) is 14.2 Å². The van der Waals surface area contributed by atoms with Crippen LogP contribution in [0.15, 0.2) is 18.2 Å². The SMILES string of the molecule is COC(=O)c1cc(OC)c(Cl)c2c1Oc1cc(C)cc(O)c1C(=O)O2. The molecule has 0 saturated carbocycles. The molecule has 0 radical (unpaired) electrons. The molecule has 130 valence electrons. The molecular formula is C17H13ClO7. The van der Waals surface area contributed by atoms with Crippen molar-refractivity contribution < 1.29 is 33.6 Å². The first kappa shape index (κ1) is 16.9. The lowest BCUT2D eigenvalue weighted by Gasteiger charge is -2.15. The van der Waals surface area contributed by atoms with E-state index >= 15 is 0 Å². The van der Waals surface area contributed by atoms with Crippen molar-refractivity contribution in [1.29, 1.82) is 0 Å². The molecule has 8 heteroatoms. The fraction of sp³-hybridized carbons (Fsp3) is 0.176. The minimum absolute atomic E-state index is 0.0348. The topological polar surface area (TPSA) is 91.3 Å². The Morgan fingerprint density at radius 2 is 1.88 bits per heavy atom. The van der Waals surface area contributed by atoms with Gasteiger partial charge in [-0.1, -0.05) is 11.6 Å². The summed E-state index contributed by atoms with van der Waals surface area (Å²) in [6.07, 6.45) is 0. The van der Waals surface area contributed by atoms with Crippen LogP contribution in [0.4, 0.5) is 0 Å². The van der Waals surface area contributed by atoms with Crippen LogP contribution in [0.25, 0.3) is 0 Å². The number of esters is 2. The number of hydrogen-bond acceptors (Lipinski definition) is 7. The normalized spacial score (nSPS) is 12.2. The van der Waals surface area contributed by atoms with E-state index in [9.17, 15) is 14.7 Å². The summed E-state index contributed by atoms with van der Waals surface area (Å²) in [5.41, 5.74) is 0.430. The predicted octanol–water partition coefficient (Wildman–Crippen LogP) is 3.47. The van der Waals surface area contributed by atoms with Crippen LogP contribution in [0.5, 0.6) is 28.7 Å². The second-order valence-electron chi connectivity index (χ2n) is 5.24. The quantitative estimate of drug-likeness (QED) is 0.644. The number of methoxy groups -OCH3 is 2. The third kappa shape index (κ3) is 2.72. The number of rotatable bonds is 2. The first-order valence-electron chi connectivity index (χ1n) is 7.09. The smallest absolute Gasteiger partial charge is 0.351 e. The van der Waals surface area contributed by atoms with Crippen LogP contribution < -0.4 is 14.2 Å². The minimum Gasteiger partial charge on any atom is -0.507 e. The second kappa shape index (κ2) is 6.18. The molecule has 2 aromatic carbocycles. The molecule has 1 aliphatic heterocycles. The van der Waals surface area contributed by atoms with Crippen molar-refractivity contribution in [3.8, 4) is 28.7 Å². The molecule has 1 aliphatic rings. The lowest BCUT2D eigenvalue weighted by molar-refractivity contribution is 0.0594. The van der Waals surface area contributed by atoms with Gasteiger partial charge in [-0.05, 0) is 24.6 Å². The van der Waals surface area contributed by atoms with Crippen molar-refractivity contribution >= 4 is 23.5 Å². The van der Waals surface area contributed by atoms with Crippen molar-refractivity contribution in [2.24, 2.45) is 0 Å². The van der Waals surface area contributed by atoms with Gasteiger partial charge in [-0.2, -0.15) is 0 Å². The van der Waals surface area contributed by atoms with Crippen LogP contribution in [0, 0.1) is 6.92 Å². The molecule has 0 aromatic heterocycles. The third-order valence-corrected chi connectivity index (χ3v) is 3.96. The summed E-state index contributed by atoms with van der Waals surface area (Å²) in [5.74, 6) is -2.08. The van der Waals surface area contributed by atoms with Crippen LogP contribution in [0.2, 0.25) is 5.02 Å². The number of phenols is 1. The van der Waals surface area contributed by atoms with E-state index in [0.29, 0.717) is 5.56 Å². The number of halogens is 1. The fourth-order valence-corrected chi connectivity index (χ4v) is 2.73. The monoisotopic (exact) mass is 364 g/mol. The standard InChI is InChI=1S/C17H13ClO7/c1-7-4-9(19)12-10(5-7)24-14-8(16(20)23-3)6-11(22-2)13(18)15(14)25-17(12)21/h4-6,19H,1-3H3. The number of aromatic hydroxyl groups is 1. The van der Waals surface area contributed by atoms with E-state index in [2.05, 4.69) is 0 Å². The fourth-order valence-electron chi connectivity index (χ4n) is 2.47. The highest BCUT2D eigenvalue weighted by Gasteiger charge is 2.33.